The summed E-state index contributed by atoms with van der Waals surface area (Å²) in [7, 11) is 2.08. The van der Waals surface area contributed by atoms with Crippen LogP contribution in [0.15, 0.2) is 23.8 Å². The Hall–Kier alpha value is -2.18. The van der Waals surface area contributed by atoms with Gasteiger partial charge in [0.2, 0.25) is 5.91 Å². The number of anilines is 1. The monoisotopic (exact) mass is 466 g/mol. The molecule has 0 radical (unpaired) electrons. The zero-order valence-electron chi connectivity index (χ0n) is 20.4. The first-order chi connectivity index (χ1) is 16.6. The van der Waals surface area contributed by atoms with Crippen LogP contribution in [0.3, 0.4) is 0 Å². The number of rotatable bonds is 6. The van der Waals surface area contributed by atoms with Crippen molar-refractivity contribution in [3.05, 3.63) is 34.9 Å². The van der Waals surface area contributed by atoms with Crippen molar-refractivity contribution in [1.29, 1.82) is 0 Å². The molecule has 5 rings (SSSR count). The third kappa shape index (κ3) is 5.23. The van der Waals surface area contributed by atoms with Crippen LogP contribution in [0.25, 0.3) is 6.08 Å². The summed E-state index contributed by atoms with van der Waals surface area (Å²) in [6, 6.07) is 5.93. The normalized spacial score (nSPS) is 26.2. The third-order valence-electron chi connectivity index (χ3n) is 8.40. The smallest absolute Gasteiger partial charge is 0.334 e. The Bertz CT molecular complexity index is 930. The minimum atomic E-state index is -0.226. The highest BCUT2D eigenvalue weighted by Gasteiger charge is 2.41. The highest BCUT2D eigenvalue weighted by Crippen LogP contribution is 2.39. The number of amides is 1. The number of hydrogen-bond donors (Lipinski definition) is 1. The van der Waals surface area contributed by atoms with Crippen LogP contribution < -0.4 is 5.32 Å². The number of likely N-dealkylation sites (tertiary alicyclic amines) is 1. The number of nitrogens with zero attached hydrogens (tertiary/aromatic N) is 1. The van der Waals surface area contributed by atoms with Crippen LogP contribution in [0.4, 0.5) is 5.69 Å². The largest absolute Gasteiger partial charge is 0.462 e. The van der Waals surface area contributed by atoms with Gasteiger partial charge < -0.3 is 14.8 Å². The number of ether oxygens (including phenoxy) is 2. The van der Waals surface area contributed by atoms with Crippen LogP contribution in [-0.4, -0.2) is 56.2 Å². The molecule has 3 fully saturated rings. The van der Waals surface area contributed by atoms with E-state index in [4.69, 9.17) is 9.47 Å². The van der Waals surface area contributed by atoms with E-state index in [1.165, 1.54) is 32.1 Å². The molecule has 0 bridgehead atoms. The molecule has 1 aromatic rings. The fourth-order valence-corrected chi connectivity index (χ4v) is 6.39. The number of fused-ring (bicyclic) bond motifs is 1. The second kappa shape index (κ2) is 10.6. The maximum absolute atomic E-state index is 13.3. The molecule has 1 amide bonds. The Morgan fingerprint density at radius 1 is 1.09 bits per heavy atom. The van der Waals surface area contributed by atoms with Crippen molar-refractivity contribution in [2.45, 2.75) is 63.8 Å². The van der Waals surface area contributed by atoms with Crippen LogP contribution in [-0.2, 0) is 25.5 Å². The second-order valence-electron chi connectivity index (χ2n) is 10.7. The van der Waals surface area contributed by atoms with E-state index in [-0.39, 0.29) is 17.9 Å². The summed E-state index contributed by atoms with van der Waals surface area (Å²) in [4.78, 5) is 28.2. The number of hydrogen-bond acceptors (Lipinski definition) is 5. The van der Waals surface area contributed by atoms with Crippen molar-refractivity contribution in [3.8, 4) is 0 Å². The lowest BCUT2D eigenvalue weighted by Gasteiger charge is -2.32. The van der Waals surface area contributed by atoms with Crippen molar-refractivity contribution in [2.75, 3.05) is 38.7 Å². The molecule has 2 saturated heterocycles. The molecule has 1 aromatic carbocycles. The molecule has 2 atom stereocenters. The Balaban J connectivity index is 1.20. The minimum Gasteiger partial charge on any atom is -0.462 e. The zero-order chi connectivity index (χ0) is 23.5. The van der Waals surface area contributed by atoms with Gasteiger partial charge in [-0.3, -0.25) is 9.69 Å². The van der Waals surface area contributed by atoms with Gasteiger partial charge in [-0.15, -0.1) is 0 Å². The number of esters is 1. The molecule has 2 aliphatic heterocycles. The van der Waals surface area contributed by atoms with Crippen molar-refractivity contribution in [1.82, 2.24) is 4.90 Å². The van der Waals surface area contributed by atoms with Gasteiger partial charge in [0.15, 0.2) is 0 Å². The SMILES string of the molecule is CN1CCC(C2CCCCC2)C1C(=O)Nc1ccc2c(c1)C=C(C(=O)OCC1CCOCC1)C2. The maximum atomic E-state index is 13.3. The fourth-order valence-electron chi connectivity index (χ4n) is 6.39. The van der Waals surface area contributed by atoms with E-state index >= 15 is 0 Å². The number of carbonyl (C=O) groups is 2. The van der Waals surface area contributed by atoms with Gasteiger partial charge in [-0.1, -0.05) is 38.2 Å². The molecule has 2 heterocycles. The lowest BCUT2D eigenvalue weighted by atomic mass is 9.76. The highest BCUT2D eigenvalue weighted by atomic mass is 16.5. The Morgan fingerprint density at radius 2 is 1.88 bits per heavy atom. The number of benzene rings is 1. The Morgan fingerprint density at radius 3 is 2.68 bits per heavy atom. The van der Waals surface area contributed by atoms with Crippen molar-refractivity contribution >= 4 is 23.6 Å². The van der Waals surface area contributed by atoms with Gasteiger partial charge in [-0.2, -0.15) is 0 Å². The summed E-state index contributed by atoms with van der Waals surface area (Å²) in [5.41, 5.74) is 3.60. The maximum Gasteiger partial charge on any atom is 0.334 e. The lowest BCUT2D eigenvalue weighted by Crippen LogP contribution is -2.43. The van der Waals surface area contributed by atoms with Gasteiger partial charge in [0.25, 0.3) is 0 Å². The van der Waals surface area contributed by atoms with E-state index in [0.29, 0.717) is 36.4 Å². The van der Waals surface area contributed by atoms with Crippen molar-refractivity contribution < 1.29 is 19.1 Å². The van der Waals surface area contributed by atoms with E-state index < -0.39 is 0 Å². The van der Waals surface area contributed by atoms with Gasteiger partial charge in [0.05, 0.1) is 12.6 Å². The van der Waals surface area contributed by atoms with Crippen LogP contribution in [0, 0.1) is 17.8 Å². The topological polar surface area (TPSA) is 67.9 Å². The summed E-state index contributed by atoms with van der Waals surface area (Å²) in [5.74, 6) is 1.41. The average molecular weight is 467 g/mol. The summed E-state index contributed by atoms with van der Waals surface area (Å²) < 4.78 is 11.0. The molecular formula is C28H38N2O4. The molecule has 2 unspecified atom stereocenters. The molecule has 1 saturated carbocycles. The summed E-state index contributed by atoms with van der Waals surface area (Å²) in [6.07, 6.45) is 12.0. The average Bonchev–Trinajstić information content (AvgIpc) is 3.47. The molecule has 2 aliphatic carbocycles. The molecule has 0 aromatic heterocycles. The van der Waals surface area contributed by atoms with Crippen LogP contribution in [0.2, 0.25) is 0 Å². The molecule has 4 aliphatic rings. The van der Waals surface area contributed by atoms with Gasteiger partial charge >= 0.3 is 5.97 Å². The molecule has 6 heteroatoms. The number of likely N-dealkylation sites (N-methyl/N-ethyl adjacent to an activating group) is 1. The number of nitrogens with one attached hydrogen (secondary N) is 1. The molecule has 6 nitrogen and oxygen atoms in total. The first-order valence-corrected chi connectivity index (χ1v) is 13.2. The van der Waals surface area contributed by atoms with Crippen molar-refractivity contribution in [2.24, 2.45) is 17.8 Å². The standard InChI is InChI=1S/C28H38N2O4/c1-30-12-9-25(20-5-3-2-4-6-20)26(30)27(31)29-24-8-7-21-15-23(16-22(21)17-24)28(32)34-18-19-10-13-33-14-11-19/h7-8,16-17,19-20,25-26H,2-6,9-15,18H2,1H3,(H,29,31). The van der Waals surface area contributed by atoms with Gasteiger partial charge in [-0.05, 0) is 79.9 Å². The number of carbonyl (C=O) groups excluding carboxylic acids is 2. The molecule has 34 heavy (non-hydrogen) atoms. The predicted octanol–water partition coefficient (Wildman–Crippen LogP) is 4.44. The molecule has 0 spiro atoms. The van der Waals surface area contributed by atoms with E-state index in [1.54, 1.807) is 0 Å². The van der Waals surface area contributed by atoms with Crippen LogP contribution >= 0.6 is 0 Å². The first kappa shape index (κ1) is 23.6. The fraction of sp³-hybridized carbons (Fsp3) is 0.643. The van der Waals surface area contributed by atoms with E-state index in [2.05, 4.69) is 17.3 Å². The predicted molar refractivity (Wildman–Crippen MR) is 132 cm³/mol. The quantitative estimate of drug-likeness (QED) is 0.628. The van der Waals surface area contributed by atoms with Gasteiger partial charge in [0, 0.05) is 30.9 Å². The summed E-state index contributed by atoms with van der Waals surface area (Å²) in [6.45, 7) is 2.96. The minimum absolute atomic E-state index is 0.0531. The van der Waals surface area contributed by atoms with Gasteiger partial charge in [0.1, 0.15) is 0 Å². The Labute approximate surface area is 203 Å². The van der Waals surface area contributed by atoms with Gasteiger partial charge in [-0.25, -0.2) is 4.79 Å². The lowest BCUT2D eigenvalue weighted by molar-refractivity contribution is -0.141. The van der Waals surface area contributed by atoms with E-state index in [9.17, 15) is 9.59 Å². The molecule has 1 N–H and O–H groups in total. The third-order valence-corrected chi connectivity index (χ3v) is 8.40. The Kier molecular flexibility index (Phi) is 7.35. The van der Waals surface area contributed by atoms with Crippen molar-refractivity contribution in [3.63, 3.8) is 0 Å². The van der Waals surface area contributed by atoms with E-state index in [1.807, 2.05) is 24.3 Å². The summed E-state index contributed by atoms with van der Waals surface area (Å²) >= 11 is 0. The molecular weight excluding hydrogens is 428 g/mol. The second-order valence-corrected chi connectivity index (χ2v) is 10.7. The van der Waals surface area contributed by atoms with Crippen LogP contribution in [0.5, 0.6) is 0 Å². The van der Waals surface area contributed by atoms with Crippen LogP contribution in [0.1, 0.15) is 62.5 Å². The highest BCUT2D eigenvalue weighted by molar-refractivity contribution is 5.98. The zero-order valence-corrected chi connectivity index (χ0v) is 20.4. The first-order valence-electron chi connectivity index (χ1n) is 13.2. The molecule has 184 valence electrons. The van der Waals surface area contributed by atoms with E-state index in [0.717, 1.165) is 55.8 Å². The summed E-state index contributed by atoms with van der Waals surface area (Å²) in [5, 5.41) is 3.19.